The lowest BCUT2D eigenvalue weighted by atomic mass is 9.83. The van der Waals surface area contributed by atoms with E-state index >= 15 is 0 Å². The SMILES string of the molecule is Cc1ccc(S(=O)(=O)N(CC#Cc2ccccc2)CC(=O)C2(C)CCCC2=O)cc1. The van der Waals surface area contributed by atoms with Gasteiger partial charge in [-0.25, -0.2) is 8.42 Å². The molecule has 156 valence electrons. The van der Waals surface area contributed by atoms with Gasteiger partial charge < -0.3 is 0 Å². The molecule has 3 rings (SSSR count). The predicted molar refractivity (Wildman–Crippen MR) is 115 cm³/mol. The number of hydrogen-bond donors (Lipinski definition) is 0. The molecule has 1 aliphatic rings. The first-order valence-electron chi connectivity index (χ1n) is 9.91. The Hall–Kier alpha value is -2.75. The van der Waals surface area contributed by atoms with Gasteiger partial charge in [-0.05, 0) is 51.0 Å². The highest BCUT2D eigenvalue weighted by atomic mass is 32.2. The molecule has 30 heavy (non-hydrogen) atoms. The summed E-state index contributed by atoms with van der Waals surface area (Å²) >= 11 is 0. The summed E-state index contributed by atoms with van der Waals surface area (Å²) in [5, 5.41) is 0. The van der Waals surface area contributed by atoms with Crippen molar-refractivity contribution in [2.75, 3.05) is 13.1 Å². The van der Waals surface area contributed by atoms with Crippen LogP contribution in [0.4, 0.5) is 0 Å². The second kappa shape index (κ2) is 8.95. The lowest BCUT2D eigenvalue weighted by Crippen LogP contribution is -2.43. The number of benzene rings is 2. The van der Waals surface area contributed by atoms with E-state index in [4.69, 9.17) is 0 Å². The fourth-order valence-electron chi connectivity index (χ4n) is 3.48. The van der Waals surface area contributed by atoms with E-state index in [-0.39, 0.29) is 29.6 Å². The summed E-state index contributed by atoms with van der Waals surface area (Å²) < 4.78 is 27.6. The number of Topliss-reactive ketones (excluding diaryl/α,β-unsaturated/α-hetero) is 2. The second-order valence-corrected chi connectivity index (χ2v) is 9.72. The number of carbonyl (C=O) groups is 2. The van der Waals surface area contributed by atoms with Crippen LogP contribution in [-0.2, 0) is 19.6 Å². The van der Waals surface area contributed by atoms with Crippen molar-refractivity contribution in [2.45, 2.75) is 38.0 Å². The van der Waals surface area contributed by atoms with E-state index in [1.165, 1.54) is 12.1 Å². The quantitative estimate of drug-likeness (QED) is 0.528. The van der Waals surface area contributed by atoms with Gasteiger partial charge in [0, 0.05) is 12.0 Å². The van der Waals surface area contributed by atoms with Gasteiger partial charge in [0.1, 0.15) is 5.78 Å². The molecule has 0 aliphatic heterocycles. The first kappa shape index (κ1) is 21.9. The maximum absolute atomic E-state index is 13.2. The number of rotatable bonds is 6. The van der Waals surface area contributed by atoms with Gasteiger partial charge in [-0.2, -0.15) is 4.31 Å². The topological polar surface area (TPSA) is 71.5 Å². The molecule has 0 heterocycles. The van der Waals surface area contributed by atoms with Crippen LogP contribution < -0.4 is 0 Å². The van der Waals surface area contributed by atoms with Crippen LogP contribution in [0.25, 0.3) is 0 Å². The first-order chi connectivity index (χ1) is 14.2. The molecule has 2 aromatic rings. The van der Waals surface area contributed by atoms with Crippen LogP contribution >= 0.6 is 0 Å². The molecule has 1 fully saturated rings. The molecule has 0 spiro atoms. The molecular formula is C24H25NO4S. The van der Waals surface area contributed by atoms with Gasteiger partial charge in [0.15, 0.2) is 5.78 Å². The lowest BCUT2D eigenvalue weighted by molar-refractivity contribution is -0.137. The molecule has 0 N–H and O–H groups in total. The molecule has 1 atom stereocenters. The average molecular weight is 424 g/mol. The van der Waals surface area contributed by atoms with E-state index in [1.54, 1.807) is 19.1 Å². The highest BCUT2D eigenvalue weighted by Gasteiger charge is 2.45. The Bertz CT molecular complexity index is 1100. The van der Waals surface area contributed by atoms with Crippen LogP contribution in [0.2, 0.25) is 0 Å². The monoisotopic (exact) mass is 423 g/mol. The summed E-state index contributed by atoms with van der Waals surface area (Å²) in [6.07, 6.45) is 1.47. The van der Waals surface area contributed by atoms with E-state index in [0.29, 0.717) is 19.3 Å². The molecule has 5 nitrogen and oxygen atoms in total. The minimum Gasteiger partial charge on any atom is -0.299 e. The van der Waals surface area contributed by atoms with Crippen LogP contribution in [-0.4, -0.2) is 37.4 Å². The fraction of sp³-hybridized carbons (Fsp3) is 0.333. The maximum Gasteiger partial charge on any atom is 0.244 e. The van der Waals surface area contributed by atoms with Crippen LogP contribution in [0.5, 0.6) is 0 Å². The zero-order valence-electron chi connectivity index (χ0n) is 17.2. The van der Waals surface area contributed by atoms with Crippen LogP contribution in [0.15, 0.2) is 59.5 Å². The van der Waals surface area contributed by atoms with Crippen LogP contribution in [0.1, 0.15) is 37.3 Å². The molecule has 0 amide bonds. The Morgan fingerprint density at radius 1 is 1.10 bits per heavy atom. The van der Waals surface area contributed by atoms with E-state index in [9.17, 15) is 18.0 Å². The van der Waals surface area contributed by atoms with Crippen molar-refractivity contribution < 1.29 is 18.0 Å². The van der Waals surface area contributed by atoms with Gasteiger partial charge in [-0.1, -0.05) is 47.7 Å². The van der Waals surface area contributed by atoms with Crippen molar-refractivity contribution in [1.29, 1.82) is 0 Å². The molecule has 2 aromatic carbocycles. The largest absolute Gasteiger partial charge is 0.299 e. The standard InChI is InChI=1S/C24H25NO4S/c1-19-12-14-21(15-13-19)30(28,29)25(17-7-10-20-8-4-3-5-9-20)18-23(27)24(2)16-6-11-22(24)26/h3-5,8-9,12-15H,6,11,16-18H2,1-2H3. The van der Waals surface area contributed by atoms with Crippen molar-refractivity contribution >= 4 is 21.6 Å². The van der Waals surface area contributed by atoms with Gasteiger partial charge in [0.05, 0.1) is 23.4 Å². The van der Waals surface area contributed by atoms with E-state index < -0.39 is 15.4 Å². The second-order valence-electron chi connectivity index (χ2n) is 7.79. The molecule has 0 radical (unpaired) electrons. The minimum atomic E-state index is -3.94. The Balaban J connectivity index is 1.90. The van der Waals surface area contributed by atoms with E-state index in [1.807, 2.05) is 37.3 Å². The lowest BCUT2D eigenvalue weighted by Gasteiger charge is -2.25. The summed E-state index contributed by atoms with van der Waals surface area (Å²) in [6, 6.07) is 15.7. The summed E-state index contributed by atoms with van der Waals surface area (Å²) in [4.78, 5) is 25.3. The fourth-order valence-corrected chi connectivity index (χ4v) is 4.78. The molecule has 0 aromatic heterocycles. The Labute approximate surface area is 178 Å². The summed E-state index contributed by atoms with van der Waals surface area (Å²) in [5.41, 5.74) is 0.576. The number of sulfonamides is 1. The number of aryl methyl sites for hydroxylation is 1. The Morgan fingerprint density at radius 2 is 1.77 bits per heavy atom. The van der Waals surface area contributed by atoms with Gasteiger partial charge in [0.2, 0.25) is 10.0 Å². The smallest absolute Gasteiger partial charge is 0.244 e. The van der Waals surface area contributed by atoms with Crippen molar-refractivity contribution in [2.24, 2.45) is 5.41 Å². The maximum atomic E-state index is 13.2. The van der Waals surface area contributed by atoms with Crippen molar-refractivity contribution in [3.8, 4) is 11.8 Å². The minimum absolute atomic E-state index is 0.102. The third-order valence-corrected chi connectivity index (χ3v) is 7.36. The summed E-state index contributed by atoms with van der Waals surface area (Å²) in [7, 11) is -3.94. The molecule has 1 aliphatic carbocycles. The van der Waals surface area contributed by atoms with Crippen molar-refractivity contribution in [1.82, 2.24) is 4.31 Å². The number of ketones is 2. The van der Waals surface area contributed by atoms with E-state index in [2.05, 4.69) is 11.8 Å². The Kier molecular flexibility index (Phi) is 6.55. The van der Waals surface area contributed by atoms with Gasteiger partial charge in [-0.3, -0.25) is 9.59 Å². The highest BCUT2D eigenvalue weighted by molar-refractivity contribution is 7.89. The van der Waals surface area contributed by atoms with Gasteiger partial charge in [0.25, 0.3) is 0 Å². The number of carbonyl (C=O) groups excluding carboxylic acids is 2. The van der Waals surface area contributed by atoms with Gasteiger partial charge >= 0.3 is 0 Å². The van der Waals surface area contributed by atoms with Crippen molar-refractivity contribution in [3.05, 3.63) is 65.7 Å². The Morgan fingerprint density at radius 3 is 2.37 bits per heavy atom. The molecular weight excluding hydrogens is 398 g/mol. The van der Waals surface area contributed by atoms with Crippen LogP contribution in [0, 0.1) is 24.2 Å². The van der Waals surface area contributed by atoms with Gasteiger partial charge in [-0.15, -0.1) is 0 Å². The zero-order valence-corrected chi connectivity index (χ0v) is 18.0. The molecule has 1 saturated carbocycles. The first-order valence-corrected chi connectivity index (χ1v) is 11.3. The van der Waals surface area contributed by atoms with Crippen LogP contribution in [0.3, 0.4) is 0 Å². The van der Waals surface area contributed by atoms with E-state index in [0.717, 1.165) is 15.4 Å². The third kappa shape index (κ3) is 4.69. The molecule has 6 heteroatoms. The highest BCUT2D eigenvalue weighted by Crippen LogP contribution is 2.35. The zero-order chi connectivity index (χ0) is 21.8. The number of hydrogen-bond acceptors (Lipinski definition) is 4. The molecule has 0 saturated heterocycles. The summed E-state index contributed by atoms with van der Waals surface area (Å²) in [6.45, 7) is 2.98. The normalized spacial score (nSPS) is 18.8. The third-order valence-electron chi connectivity index (χ3n) is 5.55. The average Bonchev–Trinajstić information content (AvgIpc) is 3.08. The predicted octanol–water partition coefficient (Wildman–Crippen LogP) is 3.37. The number of nitrogens with zero attached hydrogens (tertiary/aromatic N) is 1. The van der Waals surface area contributed by atoms with Crippen molar-refractivity contribution in [3.63, 3.8) is 0 Å². The summed E-state index contributed by atoms with van der Waals surface area (Å²) in [5.74, 6) is 5.31. The molecule has 1 unspecified atom stereocenters. The molecule has 0 bridgehead atoms.